The highest BCUT2D eigenvalue weighted by Gasteiger charge is 2.17. The normalized spacial score (nSPS) is 18.8. The molecule has 1 aliphatic carbocycles. The average molecular weight is 136 g/mol. The summed E-state index contributed by atoms with van der Waals surface area (Å²) in [5, 5.41) is 6.95. The number of hydrogen-bond acceptors (Lipinski definition) is 1. The van der Waals surface area contributed by atoms with E-state index in [-0.39, 0.29) is 0 Å². The van der Waals surface area contributed by atoms with Crippen molar-refractivity contribution in [3.8, 4) is 0 Å². The van der Waals surface area contributed by atoms with E-state index >= 15 is 0 Å². The summed E-state index contributed by atoms with van der Waals surface area (Å²) >= 11 is 0. The number of H-pyrrole nitrogens is 1. The minimum atomic E-state index is 0.934. The summed E-state index contributed by atoms with van der Waals surface area (Å²) in [7, 11) is 0. The summed E-state index contributed by atoms with van der Waals surface area (Å²) in [4.78, 5) is 0. The number of hydrogen-bond donors (Lipinski definition) is 1. The minimum absolute atomic E-state index is 0.934. The van der Waals surface area contributed by atoms with Crippen LogP contribution < -0.4 is 0 Å². The molecule has 0 radical (unpaired) electrons. The molecular weight excluding hydrogens is 124 g/mol. The summed E-state index contributed by atoms with van der Waals surface area (Å²) in [6.07, 6.45) is 7.33. The third-order valence-electron chi connectivity index (χ3n) is 2.28. The van der Waals surface area contributed by atoms with Crippen LogP contribution in [0.3, 0.4) is 0 Å². The second-order valence-corrected chi connectivity index (χ2v) is 3.07. The standard InChI is InChI=1S/C8H12N2/c1-2-7(3-1)6-8-4-5-9-10-8/h4-5,7H,1-3,6H2,(H,9,10). The number of aromatic amines is 1. The lowest BCUT2D eigenvalue weighted by Crippen LogP contribution is -2.13. The lowest BCUT2D eigenvalue weighted by Gasteiger charge is -2.23. The molecule has 1 saturated carbocycles. The Bertz CT molecular complexity index is 187. The molecule has 1 N–H and O–H groups in total. The maximum atomic E-state index is 4.11. The molecule has 2 heteroatoms. The molecule has 1 aromatic rings. The highest BCUT2D eigenvalue weighted by Crippen LogP contribution is 2.28. The Morgan fingerprint density at radius 1 is 1.60 bits per heavy atom. The molecule has 1 fully saturated rings. The first-order valence-corrected chi connectivity index (χ1v) is 3.94. The predicted molar refractivity (Wildman–Crippen MR) is 39.6 cm³/mol. The van der Waals surface area contributed by atoms with Crippen molar-refractivity contribution in [1.82, 2.24) is 10.2 Å². The zero-order chi connectivity index (χ0) is 6.81. The van der Waals surface area contributed by atoms with Gasteiger partial charge in [0.1, 0.15) is 0 Å². The molecule has 0 unspecified atom stereocenters. The van der Waals surface area contributed by atoms with Crippen molar-refractivity contribution in [1.29, 1.82) is 0 Å². The number of rotatable bonds is 2. The van der Waals surface area contributed by atoms with Crippen molar-refractivity contribution in [2.24, 2.45) is 5.92 Å². The molecule has 2 rings (SSSR count). The van der Waals surface area contributed by atoms with Gasteiger partial charge in [-0.3, -0.25) is 5.10 Å². The fourth-order valence-electron chi connectivity index (χ4n) is 1.40. The molecule has 2 nitrogen and oxygen atoms in total. The molecule has 1 heterocycles. The summed E-state index contributed by atoms with van der Waals surface area (Å²) < 4.78 is 0. The van der Waals surface area contributed by atoms with E-state index in [2.05, 4.69) is 16.3 Å². The molecule has 0 atom stereocenters. The van der Waals surface area contributed by atoms with Gasteiger partial charge in [-0.15, -0.1) is 0 Å². The van der Waals surface area contributed by atoms with Crippen LogP contribution in [-0.2, 0) is 6.42 Å². The second kappa shape index (κ2) is 2.45. The molecular formula is C8H12N2. The van der Waals surface area contributed by atoms with Crippen molar-refractivity contribution in [2.45, 2.75) is 25.7 Å². The van der Waals surface area contributed by atoms with Gasteiger partial charge in [0.2, 0.25) is 0 Å². The van der Waals surface area contributed by atoms with Crippen molar-refractivity contribution >= 4 is 0 Å². The van der Waals surface area contributed by atoms with Crippen LogP contribution >= 0.6 is 0 Å². The van der Waals surface area contributed by atoms with Crippen LogP contribution in [0.5, 0.6) is 0 Å². The summed E-state index contributed by atoms with van der Waals surface area (Å²) in [6.45, 7) is 0. The number of nitrogens with zero attached hydrogens (tertiary/aromatic N) is 1. The van der Waals surface area contributed by atoms with Gasteiger partial charge in [0.25, 0.3) is 0 Å². The fourth-order valence-corrected chi connectivity index (χ4v) is 1.40. The Balaban J connectivity index is 1.90. The summed E-state index contributed by atoms with van der Waals surface area (Å²) in [5.74, 6) is 0.934. The third-order valence-corrected chi connectivity index (χ3v) is 2.28. The van der Waals surface area contributed by atoms with Crippen molar-refractivity contribution in [3.05, 3.63) is 18.0 Å². The Kier molecular flexibility index (Phi) is 1.46. The fraction of sp³-hybridized carbons (Fsp3) is 0.625. The Morgan fingerprint density at radius 2 is 2.50 bits per heavy atom. The lowest BCUT2D eigenvalue weighted by molar-refractivity contribution is 0.312. The van der Waals surface area contributed by atoms with Gasteiger partial charge in [-0.25, -0.2) is 0 Å². The topological polar surface area (TPSA) is 28.7 Å². The Morgan fingerprint density at radius 3 is 3.00 bits per heavy atom. The van der Waals surface area contributed by atoms with Gasteiger partial charge in [-0.2, -0.15) is 5.10 Å². The highest BCUT2D eigenvalue weighted by molar-refractivity contribution is 4.99. The van der Waals surface area contributed by atoms with E-state index < -0.39 is 0 Å². The Hall–Kier alpha value is -0.790. The van der Waals surface area contributed by atoms with E-state index in [1.165, 1.54) is 31.4 Å². The molecule has 10 heavy (non-hydrogen) atoms. The molecule has 54 valence electrons. The predicted octanol–water partition coefficient (Wildman–Crippen LogP) is 1.75. The van der Waals surface area contributed by atoms with E-state index in [0.29, 0.717) is 0 Å². The maximum absolute atomic E-state index is 4.11. The molecule has 1 aromatic heterocycles. The lowest BCUT2D eigenvalue weighted by atomic mass is 9.82. The maximum Gasteiger partial charge on any atom is 0.0624 e. The zero-order valence-electron chi connectivity index (χ0n) is 6.01. The smallest absolute Gasteiger partial charge is 0.0624 e. The van der Waals surface area contributed by atoms with Crippen LogP contribution in [0.25, 0.3) is 0 Å². The van der Waals surface area contributed by atoms with E-state index in [1.807, 2.05) is 6.20 Å². The summed E-state index contributed by atoms with van der Waals surface area (Å²) in [5.41, 5.74) is 1.23. The van der Waals surface area contributed by atoms with Gasteiger partial charge in [0.15, 0.2) is 0 Å². The quantitative estimate of drug-likeness (QED) is 0.659. The largest absolute Gasteiger partial charge is 0.285 e. The first-order valence-electron chi connectivity index (χ1n) is 3.94. The summed E-state index contributed by atoms with van der Waals surface area (Å²) in [6, 6.07) is 2.07. The first-order chi connectivity index (χ1) is 4.95. The van der Waals surface area contributed by atoms with Gasteiger partial charge in [0, 0.05) is 6.20 Å². The second-order valence-electron chi connectivity index (χ2n) is 3.07. The van der Waals surface area contributed by atoms with Crippen LogP contribution in [0.4, 0.5) is 0 Å². The van der Waals surface area contributed by atoms with Gasteiger partial charge < -0.3 is 0 Å². The molecule has 0 amide bonds. The van der Waals surface area contributed by atoms with E-state index in [9.17, 15) is 0 Å². The molecule has 0 bridgehead atoms. The van der Waals surface area contributed by atoms with Crippen LogP contribution in [0, 0.1) is 5.92 Å². The van der Waals surface area contributed by atoms with Crippen LogP contribution in [0.15, 0.2) is 12.3 Å². The van der Waals surface area contributed by atoms with E-state index in [4.69, 9.17) is 0 Å². The van der Waals surface area contributed by atoms with Crippen LogP contribution in [0.1, 0.15) is 25.0 Å². The van der Waals surface area contributed by atoms with Crippen molar-refractivity contribution < 1.29 is 0 Å². The molecule has 1 aliphatic rings. The highest BCUT2D eigenvalue weighted by atomic mass is 15.1. The van der Waals surface area contributed by atoms with Crippen LogP contribution in [0.2, 0.25) is 0 Å². The van der Waals surface area contributed by atoms with Crippen molar-refractivity contribution in [3.63, 3.8) is 0 Å². The van der Waals surface area contributed by atoms with Crippen molar-refractivity contribution in [2.75, 3.05) is 0 Å². The third kappa shape index (κ3) is 1.06. The van der Waals surface area contributed by atoms with Gasteiger partial charge >= 0.3 is 0 Å². The zero-order valence-corrected chi connectivity index (χ0v) is 6.01. The number of aromatic nitrogens is 2. The minimum Gasteiger partial charge on any atom is -0.285 e. The van der Waals surface area contributed by atoms with Gasteiger partial charge in [-0.05, 0) is 18.4 Å². The molecule has 0 aliphatic heterocycles. The molecule has 0 aromatic carbocycles. The van der Waals surface area contributed by atoms with Crippen LogP contribution in [-0.4, -0.2) is 10.2 Å². The van der Waals surface area contributed by atoms with Gasteiger partial charge in [-0.1, -0.05) is 19.3 Å². The number of nitrogens with one attached hydrogen (secondary N) is 1. The molecule has 0 saturated heterocycles. The monoisotopic (exact) mass is 136 g/mol. The van der Waals surface area contributed by atoms with E-state index in [1.54, 1.807) is 0 Å². The van der Waals surface area contributed by atoms with E-state index in [0.717, 1.165) is 5.92 Å². The Labute approximate surface area is 60.6 Å². The average Bonchev–Trinajstić information content (AvgIpc) is 2.29. The van der Waals surface area contributed by atoms with Gasteiger partial charge in [0.05, 0.1) is 5.69 Å². The SMILES string of the molecule is c1cc(CC2CCC2)n[nH]1. The first kappa shape index (κ1) is 5.96. The molecule has 0 spiro atoms.